The number of methoxy groups -OCH3 is 2. The summed E-state index contributed by atoms with van der Waals surface area (Å²) in [6, 6.07) is 53.3. The lowest BCUT2D eigenvalue weighted by Crippen LogP contribution is -2.20. The van der Waals surface area contributed by atoms with E-state index in [2.05, 4.69) is 161 Å². The van der Waals surface area contributed by atoms with Gasteiger partial charge in [0.15, 0.2) is 0 Å². The fourth-order valence-corrected chi connectivity index (χ4v) is 21.2. The third-order valence-corrected chi connectivity index (χ3v) is 27.6. The Labute approximate surface area is 730 Å². The van der Waals surface area contributed by atoms with E-state index < -0.39 is 0 Å². The minimum Gasteiger partial charge on any atom is -0.491 e. The normalized spacial score (nSPS) is 13.0. The van der Waals surface area contributed by atoms with E-state index >= 15 is 0 Å². The molecule has 15 aromatic carbocycles. The Morgan fingerprint density at radius 2 is 0.451 bits per heavy atom. The largest absolute Gasteiger partial charge is 0.491 e. The van der Waals surface area contributed by atoms with Crippen molar-refractivity contribution in [3.05, 3.63) is 145 Å². The van der Waals surface area contributed by atoms with E-state index in [0.717, 1.165) is 35.5 Å². The number of fused-ring (bicyclic) bond motifs is 6. The highest BCUT2D eigenvalue weighted by Crippen LogP contribution is 2.61. The highest BCUT2D eigenvalue weighted by atomic mass is 16.6. The van der Waals surface area contributed by atoms with Crippen LogP contribution in [0.25, 0.3) is 152 Å². The number of hydrogen-bond donors (Lipinski definition) is 0. The van der Waals surface area contributed by atoms with Gasteiger partial charge in [0.2, 0.25) is 0 Å². The van der Waals surface area contributed by atoms with E-state index in [0.29, 0.717) is 66.1 Å². The van der Waals surface area contributed by atoms with E-state index in [-0.39, 0.29) is 12.2 Å². The molecule has 8 nitrogen and oxygen atoms in total. The molecule has 0 aliphatic rings. The summed E-state index contributed by atoms with van der Waals surface area (Å²) in [5.74, 6) is 1.64. The van der Waals surface area contributed by atoms with Gasteiger partial charge in [-0.2, -0.15) is 0 Å². The van der Waals surface area contributed by atoms with Crippen molar-refractivity contribution in [2.45, 2.75) is 310 Å². The van der Waals surface area contributed by atoms with E-state index in [9.17, 15) is 0 Å². The number of rotatable bonds is 64. The molecular weight excluding hydrogens is 1500 g/mol. The van der Waals surface area contributed by atoms with Crippen molar-refractivity contribution in [1.29, 1.82) is 0 Å². The van der Waals surface area contributed by atoms with E-state index in [4.69, 9.17) is 37.9 Å². The van der Waals surface area contributed by atoms with Crippen molar-refractivity contribution in [2.24, 2.45) is 0 Å². The summed E-state index contributed by atoms with van der Waals surface area (Å²) in [5, 5.41) is 33.5. The quantitative estimate of drug-likeness (QED) is 0.0212. The summed E-state index contributed by atoms with van der Waals surface area (Å²) in [6.07, 6.45) is 57.8. The van der Waals surface area contributed by atoms with E-state index in [1.165, 1.54) is 408 Å². The SMILES string of the molecule is CCCCCCCCCCCCCCCCCCCCCCc1cc2c3cccc4c5cc(-c6ccc(OC[C@H](C)OCCOCCOC)cc6)cc6c7cc(-c8ccc(OC[C@H](C)OCCOCCOC)cc8)cc8c9cccc%10c%11cc(CCCCCCCCCCCCCCCCCCCCCC)cc%12c(c1)c2c1c(c34)c(c56)c(c87)c(c%109)c1c%11%12. The average molecular weight is 1640 g/mol. The van der Waals surface area contributed by atoms with Crippen LogP contribution < -0.4 is 9.47 Å². The summed E-state index contributed by atoms with van der Waals surface area (Å²) >= 11 is 0. The Morgan fingerprint density at radius 3 is 0.721 bits per heavy atom. The summed E-state index contributed by atoms with van der Waals surface area (Å²) in [5.41, 5.74) is 7.66. The second-order valence-electron chi connectivity index (χ2n) is 36.9. The minimum absolute atomic E-state index is 0.0988. The van der Waals surface area contributed by atoms with Crippen LogP contribution in [0.4, 0.5) is 0 Å². The number of unbranched alkanes of at least 4 members (excludes halogenated alkanes) is 38. The summed E-state index contributed by atoms with van der Waals surface area (Å²) in [6.45, 7) is 13.9. The van der Waals surface area contributed by atoms with Crippen LogP contribution in [0.2, 0.25) is 0 Å². The van der Waals surface area contributed by atoms with Crippen LogP contribution in [0.1, 0.15) is 296 Å². The molecule has 0 aliphatic heterocycles. The third kappa shape index (κ3) is 21.5. The molecule has 0 bridgehead atoms. The van der Waals surface area contributed by atoms with Crippen molar-refractivity contribution in [2.75, 3.05) is 80.3 Å². The molecule has 0 saturated carbocycles. The predicted octanol–water partition coefficient (Wildman–Crippen LogP) is 33.1. The fourth-order valence-electron chi connectivity index (χ4n) is 21.2. The molecule has 0 radical (unpaired) electrons. The molecule has 0 fully saturated rings. The van der Waals surface area contributed by atoms with Crippen molar-refractivity contribution in [1.82, 2.24) is 0 Å². The molecule has 0 unspecified atom stereocenters. The Hall–Kier alpha value is -7.66. The van der Waals surface area contributed by atoms with Gasteiger partial charge in [0.05, 0.1) is 65.1 Å². The maximum Gasteiger partial charge on any atom is 0.119 e. The first kappa shape index (κ1) is 89.2. The Balaban J connectivity index is 0.761. The average Bonchev–Trinajstić information content (AvgIpc) is 0.642. The smallest absolute Gasteiger partial charge is 0.119 e. The Morgan fingerprint density at radius 1 is 0.221 bits per heavy atom. The van der Waals surface area contributed by atoms with Gasteiger partial charge in [0.25, 0.3) is 0 Å². The lowest BCUT2D eigenvalue weighted by molar-refractivity contribution is -0.0144. The van der Waals surface area contributed by atoms with Gasteiger partial charge in [-0.05, 0) is 251 Å². The van der Waals surface area contributed by atoms with Crippen LogP contribution >= 0.6 is 0 Å². The minimum atomic E-state index is -0.0988. The maximum absolute atomic E-state index is 6.45. The molecule has 0 amide bonds. The maximum atomic E-state index is 6.45. The molecule has 0 aliphatic carbocycles. The molecule has 2 atom stereocenters. The number of aryl methyl sites for hydroxylation is 2. The van der Waals surface area contributed by atoms with Crippen LogP contribution in [-0.4, -0.2) is 92.5 Å². The lowest BCUT2D eigenvalue weighted by Gasteiger charge is -2.30. The summed E-state index contributed by atoms with van der Waals surface area (Å²) < 4.78 is 46.8. The zero-order valence-corrected chi connectivity index (χ0v) is 75.9. The summed E-state index contributed by atoms with van der Waals surface area (Å²) in [7, 11) is 3.39. The van der Waals surface area contributed by atoms with E-state index in [1.807, 2.05) is 0 Å². The van der Waals surface area contributed by atoms with Gasteiger partial charge in [0, 0.05) is 14.2 Å². The molecule has 0 aromatic heterocycles. The zero-order valence-electron chi connectivity index (χ0n) is 75.9. The monoisotopic (exact) mass is 1640 g/mol. The number of hydrogen-bond acceptors (Lipinski definition) is 8. The standard InChI is InChI=1S/C114H146O8/c1-7-9-11-13-15-17-19-21-23-25-27-29-31-33-35-37-39-41-43-45-49-83-71-95-91-51-47-53-93-99-75-87(85-55-59-89(60-56-85)121-79-81(3)119-69-67-117-65-63-115-5)77-101-102-78-88(86-57-61-90(62-58-86)122-80-82(4)120-70-68-118-66-64-116-6)76-100-94-54-48-52-92-96-72-84(50-46-44-42-40-38-36-34-32-30-28-26-24-22-20-18-16-14-12-10-8-2)74-98-97(73-83)105(95)111-109(103(91)93)113(107(99)101)114(108(100)102)110(104(92)94)112(111)106(96)98/h47-48,51-62,71-78,81-82H,7-46,49-50,63-70,79-80H2,1-6H3/t81-,82-/m0/s1. The van der Waals surface area contributed by atoms with Crippen LogP contribution in [-0.2, 0) is 41.3 Å². The first-order chi connectivity index (χ1) is 60.3. The van der Waals surface area contributed by atoms with Gasteiger partial charge in [0.1, 0.15) is 24.7 Å². The summed E-state index contributed by atoms with van der Waals surface area (Å²) in [4.78, 5) is 0. The molecule has 8 heteroatoms. The van der Waals surface area contributed by atoms with Gasteiger partial charge < -0.3 is 37.9 Å². The molecule has 15 rings (SSSR count). The third-order valence-electron chi connectivity index (χ3n) is 27.6. The first-order valence-electron chi connectivity index (χ1n) is 49.4. The highest BCUT2D eigenvalue weighted by molar-refractivity contribution is 6.61. The molecule has 0 saturated heterocycles. The van der Waals surface area contributed by atoms with Crippen molar-refractivity contribution >= 4 is 129 Å². The molecule has 0 heterocycles. The topological polar surface area (TPSA) is 73.8 Å². The van der Waals surface area contributed by atoms with Crippen molar-refractivity contribution < 1.29 is 37.9 Å². The second-order valence-corrected chi connectivity index (χ2v) is 36.9. The molecular formula is C114H146O8. The first-order valence-corrected chi connectivity index (χ1v) is 49.4. The predicted molar refractivity (Wildman–Crippen MR) is 525 cm³/mol. The van der Waals surface area contributed by atoms with Gasteiger partial charge >= 0.3 is 0 Å². The number of benzene rings is 15. The van der Waals surface area contributed by atoms with E-state index in [1.54, 1.807) is 14.2 Å². The zero-order chi connectivity index (χ0) is 83.6. The molecule has 122 heavy (non-hydrogen) atoms. The van der Waals surface area contributed by atoms with Gasteiger partial charge in [-0.1, -0.05) is 343 Å². The molecule has 0 spiro atoms. The molecule has 0 N–H and O–H groups in total. The number of ether oxygens (including phenoxy) is 8. The van der Waals surface area contributed by atoms with Gasteiger partial charge in [-0.15, -0.1) is 0 Å². The molecule has 15 aromatic rings. The lowest BCUT2D eigenvalue weighted by atomic mass is 9.72. The molecule has 650 valence electrons. The van der Waals surface area contributed by atoms with Crippen LogP contribution in [0.3, 0.4) is 0 Å². The van der Waals surface area contributed by atoms with Crippen LogP contribution in [0, 0.1) is 0 Å². The van der Waals surface area contributed by atoms with Crippen molar-refractivity contribution in [3.63, 3.8) is 0 Å². The van der Waals surface area contributed by atoms with Gasteiger partial charge in [-0.25, -0.2) is 0 Å². The second kappa shape index (κ2) is 46.0. The van der Waals surface area contributed by atoms with Crippen LogP contribution in [0.15, 0.2) is 133 Å². The highest BCUT2D eigenvalue weighted by Gasteiger charge is 2.33. The fraction of sp³-hybridized carbons (Fsp3) is 0.526. The Bertz CT molecular complexity index is 5220. The van der Waals surface area contributed by atoms with Crippen molar-refractivity contribution in [3.8, 4) is 33.8 Å². The van der Waals surface area contributed by atoms with Gasteiger partial charge in [-0.3, -0.25) is 0 Å². The van der Waals surface area contributed by atoms with Crippen LogP contribution in [0.5, 0.6) is 11.5 Å². The Kier molecular flexibility index (Phi) is 33.6.